The molecule has 5 nitrogen and oxygen atoms in total. The number of hydrogen-bond acceptors (Lipinski definition) is 3. The zero-order valence-electron chi connectivity index (χ0n) is 11.9. The van der Waals surface area contributed by atoms with Gasteiger partial charge in [-0.1, -0.05) is 25.3 Å². The first-order valence-corrected chi connectivity index (χ1v) is 7.48. The molecule has 5 heteroatoms. The SMILES string of the molecule is O=C1Cc2ccc(C(=O)NC3(CO)CCCCC3)cc2N1. The van der Waals surface area contributed by atoms with Gasteiger partial charge in [-0.25, -0.2) is 0 Å². The predicted octanol–water partition coefficient (Wildman–Crippen LogP) is 1.61. The number of anilines is 1. The van der Waals surface area contributed by atoms with Crippen molar-refractivity contribution in [2.75, 3.05) is 11.9 Å². The average Bonchev–Trinajstić information content (AvgIpc) is 2.87. The summed E-state index contributed by atoms with van der Waals surface area (Å²) >= 11 is 0. The molecule has 0 atom stereocenters. The maximum absolute atomic E-state index is 12.4. The molecule has 0 radical (unpaired) electrons. The van der Waals surface area contributed by atoms with Gasteiger partial charge in [0, 0.05) is 11.3 Å². The number of aliphatic hydroxyl groups is 1. The number of benzene rings is 1. The van der Waals surface area contributed by atoms with Gasteiger partial charge in [-0.15, -0.1) is 0 Å². The maximum Gasteiger partial charge on any atom is 0.251 e. The smallest absolute Gasteiger partial charge is 0.251 e. The standard InChI is InChI=1S/C16H20N2O3/c19-10-16(6-2-1-3-7-16)18-15(21)12-5-4-11-9-14(20)17-13(11)8-12/h4-5,8,19H,1-3,6-7,9-10H2,(H,17,20)(H,18,21). The Morgan fingerprint density at radius 2 is 2.05 bits per heavy atom. The zero-order chi connectivity index (χ0) is 14.9. The molecule has 1 aliphatic heterocycles. The summed E-state index contributed by atoms with van der Waals surface area (Å²) in [5.74, 6) is -0.225. The van der Waals surface area contributed by atoms with Crippen molar-refractivity contribution in [3.05, 3.63) is 29.3 Å². The van der Waals surface area contributed by atoms with Gasteiger partial charge >= 0.3 is 0 Å². The fourth-order valence-corrected chi connectivity index (χ4v) is 3.22. The first kappa shape index (κ1) is 14.1. The number of amides is 2. The Balaban J connectivity index is 1.76. The number of carbonyl (C=O) groups excluding carboxylic acids is 2. The van der Waals surface area contributed by atoms with Gasteiger partial charge in [0.2, 0.25) is 5.91 Å². The van der Waals surface area contributed by atoms with E-state index in [-0.39, 0.29) is 18.4 Å². The summed E-state index contributed by atoms with van der Waals surface area (Å²) in [4.78, 5) is 23.8. The lowest BCUT2D eigenvalue weighted by Gasteiger charge is -2.36. The van der Waals surface area contributed by atoms with Gasteiger partial charge in [-0.3, -0.25) is 9.59 Å². The normalized spacial score (nSPS) is 19.8. The zero-order valence-corrected chi connectivity index (χ0v) is 11.9. The summed E-state index contributed by atoms with van der Waals surface area (Å²) in [6, 6.07) is 5.26. The second-order valence-electron chi connectivity index (χ2n) is 6.05. The minimum atomic E-state index is -0.488. The molecule has 0 saturated heterocycles. The molecule has 0 unspecified atom stereocenters. The van der Waals surface area contributed by atoms with Gasteiger partial charge in [-0.05, 0) is 30.5 Å². The summed E-state index contributed by atoms with van der Waals surface area (Å²) in [5, 5.41) is 15.4. The number of nitrogens with one attached hydrogen (secondary N) is 2. The Morgan fingerprint density at radius 3 is 2.76 bits per heavy atom. The average molecular weight is 288 g/mol. The Bertz CT molecular complexity index is 577. The summed E-state index contributed by atoms with van der Waals surface area (Å²) in [5.41, 5.74) is 1.67. The third-order valence-electron chi connectivity index (χ3n) is 4.49. The van der Waals surface area contributed by atoms with Crippen molar-refractivity contribution in [2.45, 2.75) is 44.1 Å². The molecular weight excluding hydrogens is 268 g/mol. The molecule has 2 amide bonds. The molecule has 3 N–H and O–H groups in total. The summed E-state index contributed by atoms with van der Waals surface area (Å²) in [7, 11) is 0. The molecule has 1 saturated carbocycles. The minimum Gasteiger partial charge on any atom is -0.394 e. The van der Waals surface area contributed by atoms with Gasteiger partial charge in [0.1, 0.15) is 0 Å². The van der Waals surface area contributed by atoms with Crippen molar-refractivity contribution >= 4 is 17.5 Å². The van der Waals surface area contributed by atoms with E-state index in [2.05, 4.69) is 10.6 Å². The number of aliphatic hydroxyl groups excluding tert-OH is 1. The lowest BCUT2D eigenvalue weighted by molar-refractivity contribution is -0.115. The largest absolute Gasteiger partial charge is 0.394 e. The predicted molar refractivity (Wildman–Crippen MR) is 79.1 cm³/mol. The van der Waals surface area contributed by atoms with Gasteiger partial charge < -0.3 is 15.7 Å². The van der Waals surface area contributed by atoms with E-state index in [4.69, 9.17) is 0 Å². The van der Waals surface area contributed by atoms with Crippen molar-refractivity contribution in [3.8, 4) is 0 Å². The van der Waals surface area contributed by atoms with Crippen molar-refractivity contribution in [1.29, 1.82) is 0 Å². The first-order chi connectivity index (χ1) is 10.1. The van der Waals surface area contributed by atoms with Crippen LogP contribution in [0.25, 0.3) is 0 Å². The van der Waals surface area contributed by atoms with Crippen molar-refractivity contribution in [3.63, 3.8) is 0 Å². The van der Waals surface area contributed by atoms with Gasteiger partial charge in [-0.2, -0.15) is 0 Å². The number of rotatable bonds is 3. The fourth-order valence-electron chi connectivity index (χ4n) is 3.22. The van der Waals surface area contributed by atoms with E-state index in [1.807, 2.05) is 6.07 Å². The number of hydrogen-bond donors (Lipinski definition) is 3. The number of carbonyl (C=O) groups is 2. The fraction of sp³-hybridized carbons (Fsp3) is 0.500. The van der Waals surface area contributed by atoms with E-state index in [0.717, 1.165) is 37.7 Å². The van der Waals surface area contributed by atoms with Crippen LogP contribution in [0.2, 0.25) is 0 Å². The highest BCUT2D eigenvalue weighted by atomic mass is 16.3. The summed E-state index contributed by atoms with van der Waals surface area (Å²) in [6.45, 7) is -0.0274. The molecule has 1 aromatic rings. The molecule has 0 bridgehead atoms. The maximum atomic E-state index is 12.4. The van der Waals surface area contributed by atoms with Crippen molar-refractivity contribution < 1.29 is 14.7 Å². The molecule has 1 aliphatic carbocycles. The van der Waals surface area contributed by atoms with E-state index in [0.29, 0.717) is 17.7 Å². The molecule has 2 aliphatic rings. The Labute approximate surface area is 123 Å². The van der Waals surface area contributed by atoms with Crippen LogP contribution in [0.5, 0.6) is 0 Å². The van der Waals surface area contributed by atoms with Crippen LogP contribution in [-0.2, 0) is 11.2 Å². The van der Waals surface area contributed by atoms with Crippen LogP contribution in [0, 0.1) is 0 Å². The monoisotopic (exact) mass is 288 g/mol. The van der Waals surface area contributed by atoms with Crippen LogP contribution in [0.4, 0.5) is 5.69 Å². The topological polar surface area (TPSA) is 78.4 Å². The van der Waals surface area contributed by atoms with Crippen LogP contribution in [-0.4, -0.2) is 29.1 Å². The molecule has 1 heterocycles. The van der Waals surface area contributed by atoms with Crippen LogP contribution >= 0.6 is 0 Å². The lowest BCUT2D eigenvalue weighted by atomic mass is 9.82. The third kappa shape index (κ3) is 2.78. The van der Waals surface area contributed by atoms with Gasteiger partial charge in [0.05, 0.1) is 18.6 Å². The quantitative estimate of drug-likeness (QED) is 0.790. The molecule has 112 valence electrons. The second-order valence-corrected chi connectivity index (χ2v) is 6.05. The highest BCUT2D eigenvalue weighted by Crippen LogP contribution is 2.29. The van der Waals surface area contributed by atoms with Gasteiger partial charge in [0.25, 0.3) is 5.91 Å². The van der Waals surface area contributed by atoms with E-state index < -0.39 is 5.54 Å². The molecule has 3 rings (SSSR count). The Hall–Kier alpha value is -1.88. The Kier molecular flexibility index (Phi) is 3.68. The third-order valence-corrected chi connectivity index (χ3v) is 4.49. The van der Waals surface area contributed by atoms with E-state index in [1.54, 1.807) is 12.1 Å². The number of fused-ring (bicyclic) bond motifs is 1. The van der Waals surface area contributed by atoms with E-state index >= 15 is 0 Å². The van der Waals surface area contributed by atoms with Crippen molar-refractivity contribution in [2.24, 2.45) is 0 Å². The van der Waals surface area contributed by atoms with Crippen molar-refractivity contribution in [1.82, 2.24) is 5.32 Å². The van der Waals surface area contributed by atoms with Crippen LogP contribution < -0.4 is 10.6 Å². The highest BCUT2D eigenvalue weighted by Gasteiger charge is 2.33. The van der Waals surface area contributed by atoms with Crippen LogP contribution in [0.1, 0.15) is 48.0 Å². The molecule has 0 aromatic heterocycles. The lowest BCUT2D eigenvalue weighted by Crippen LogP contribution is -2.52. The van der Waals surface area contributed by atoms with Crippen LogP contribution in [0.3, 0.4) is 0 Å². The molecule has 21 heavy (non-hydrogen) atoms. The molecule has 0 spiro atoms. The van der Waals surface area contributed by atoms with E-state index in [9.17, 15) is 14.7 Å². The molecule has 1 fully saturated rings. The molecular formula is C16H20N2O3. The Morgan fingerprint density at radius 1 is 1.29 bits per heavy atom. The van der Waals surface area contributed by atoms with E-state index in [1.165, 1.54) is 0 Å². The van der Waals surface area contributed by atoms with Crippen LogP contribution in [0.15, 0.2) is 18.2 Å². The summed E-state index contributed by atoms with van der Waals surface area (Å²) in [6.07, 6.45) is 5.22. The molecule has 1 aromatic carbocycles. The highest BCUT2D eigenvalue weighted by molar-refractivity contribution is 6.02. The second kappa shape index (κ2) is 5.48. The summed E-state index contributed by atoms with van der Waals surface area (Å²) < 4.78 is 0. The van der Waals surface area contributed by atoms with Gasteiger partial charge in [0.15, 0.2) is 0 Å². The minimum absolute atomic E-state index is 0.0274. The first-order valence-electron chi connectivity index (χ1n) is 7.48.